The molecule has 8 rings (SSSR count). The molecule has 1 spiro atoms. The van der Waals surface area contributed by atoms with Crippen molar-refractivity contribution in [3.63, 3.8) is 0 Å². The van der Waals surface area contributed by atoms with Gasteiger partial charge in [0, 0.05) is 57.2 Å². The molecule has 5 amide bonds. The highest BCUT2D eigenvalue weighted by Crippen LogP contribution is 2.53. The average Bonchev–Trinajstić information content (AvgIpc) is 3.85. The van der Waals surface area contributed by atoms with Crippen molar-refractivity contribution in [1.29, 1.82) is 0 Å². The minimum absolute atomic E-state index is 0.00377. The zero-order valence-electron chi connectivity index (χ0n) is 37.2. The number of nitrogens with one attached hydrogen (secondary N) is 1. The van der Waals surface area contributed by atoms with Gasteiger partial charge in [0.15, 0.2) is 0 Å². The molecule has 60 heavy (non-hydrogen) atoms. The molecule has 12 heteroatoms. The lowest BCUT2D eigenvalue weighted by Gasteiger charge is -2.33. The number of amides is 5. The quantitative estimate of drug-likeness (QED) is 0.192. The third-order valence-electron chi connectivity index (χ3n) is 11.4. The van der Waals surface area contributed by atoms with Crippen LogP contribution in [0.25, 0.3) is 0 Å². The number of anilines is 2. The van der Waals surface area contributed by atoms with Gasteiger partial charge >= 0.3 is 6.03 Å². The van der Waals surface area contributed by atoms with Crippen molar-refractivity contribution in [2.75, 3.05) is 56.2 Å². The summed E-state index contributed by atoms with van der Waals surface area (Å²) in [6.45, 7) is 18.1. The molecule has 1 aromatic heterocycles. The molecule has 0 unspecified atom stereocenters. The van der Waals surface area contributed by atoms with E-state index in [2.05, 4.69) is 54.6 Å². The number of carbonyl (C=O) groups is 4. The van der Waals surface area contributed by atoms with Crippen LogP contribution in [0.2, 0.25) is 0 Å². The molecule has 0 bridgehead atoms. The third-order valence-corrected chi connectivity index (χ3v) is 11.4. The number of aryl methyl sites for hydroxylation is 4. The molecule has 3 aromatic carbocycles. The fourth-order valence-electron chi connectivity index (χ4n) is 7.51. The highest BCUT2D eigenvalue weighted by Gasteiger charge is 2.52. The van der Waals surface area contributed by atoms with Gasteiger partial charge in [-0.05, 0) is 110 Å². The second kappa shape index (κ2) is 20.5. The van der Waals surface area contributed by atoms with E-state index in [9.17, 15) is 19.2 Å². The second-order valence-corrected chi connectivity index (χ2v) is 16.4. The number of fused-ring (bicyclic) bond motifs is 1. The SMILES string of the molecule is CC.CC(C)c1cccc(N2CC3(CC3)CC2=O)c1.CCc1ccc2c(c1)C(=O)N(CC(=O)NCc1cc(C)n(C)n1)CCO2.Cc1cccc(N2CCCN(C)C2=O)c1. The van der Waals surface area contributed by atoms with Crippen LogP contribution in [0.1, 0.15) is 105 Å². The van der Waals surface area contributed by atoms with Gasteiger partial charge in [0.2, 0.25) is 11.8 Å². The number of hydrogen-bond donors (Lipinski definition) is 1. The summed E-state index contributed by atoms with van der Waals surface area (Å²) in [5, 5.41) is 7.13. The summed E-state index contributed by atoms with van der Waals surface area (Å²) in [4.78, 5) is 56.2. The summed E-state index contributed by atoms with van der Waals surface area (Å²) in [6, 6.07) is 24.2. The van der Waals surface area contributed by atoms with Gasteiger partial charge in [0.1, 0.15) is 12.4 Å². The molecule has 1 aliphatic carbocycles. The first-order valence-electron chi connectivity index (χ1n) is 21.6. The predicted molar refractivity (Wildman–Crippen MR) is 239 cm³/mol. The normalized spacial score (nSPS) is 16.5. The highest BCUT2D eigenvalue weighted by molar-refractivity contribution is 5.99. The highest BCUT2D eigenvalue weighted by atomic mass is 16.5. The predicted octanol–water partition coefficient (Wildman–Crippen LogP) is 8.05. The van der Waals surface area contributed by atoms with Crippen LogP contribution >= 0.6 is 0 Å². The molecule has 1 saturated carbocycles. The van der Waals surface area contributed by atoms with Crippen molar-refractivity contribution in [2.45, 2.75) is 93.0 Å². The Morgan fingerprint density at radius 1 is 0.883 bits per heavy atom. The first-order valence-corrected chi connectivity index (χ1v) is 21.6. The molecule has 3 fully saturated rings. The molecule has 4 heterocycles. The summed E-state index contributed by atoms with van der Waals surface area (Å²) >= 11 is 0. The first-order chi connectivity index (χ1) is 28.8. The largest absolute Gasteiger partial charge is 0.491 e. The maximum absolute atomic E-state index is 12.8. The van der Waals surface area contributed by atoms with Gasteiger partial charge in [-0.1, -0.05) is 65.0 Å². The topological polar surface area (TPSA) is 120 Å². The van der Waals surface area contributed by atoms with Crippen LogP contribution in [0.15, 0.2) is 72.8 Å². The van der Waals surface area contributed by atoms with E-state index in [1.807, 2.05) is 101 Å². The molecule has 4 aliphatic rings. The van der Waals surface area contributed by atoms with Crippen LogP contribution in [0.4, 0.5) is 16.2 Å². The van der Waals surface area contributed by atoms with Crippen molar-refractivity contribution in [1.82, 2.24) is 24.9 Å². The van der Waals surface area contributed by atoms with Crippen LogP contribution in [0.5, 0.6) is 5.75 Å². The maximum atomic E-state index is 12.8. The maximum Gasteiger partial charge on any atom is 0.324 e. The first kappa shape index (κ1) is 45.4. The van der Waals surface area contributed by atoms with Crippen molar-refractivity contribution >= 4 is 35.1 Å². The molecule has 12 nitrogen and oxygen atoms in total. The van der Waals surface area contributed by atoms with E-state index >= 15 is 0 Å². The Balaban J connectivity index is 0.000000175. The summed E-state index contributed by atoms with van der Waals surface area (Å²) in [5.74, 6) is 1.03. The zero-order valence-corrected chi connectivity index (χ0v) is 37.2. The average molecular weight is 820 g/mol. The molecule has 2 saturated heterocycles. The Hall–Kier alpha value is -5.65. The second-order valence-electron chi connectivity index (χ2n) is 16.4. The molecule has 322 valence electrons. The Morgan fingerprint density at radius 2 is 1.60 bits per heavy atom. The van der Waals surface area contributed by atoms with Gasteiger partial charge < -0.3 is 24.8 Å². The van der Waals surface area contributed by atoms with E-state index in [-0.39, 0.29) is 24.4 Å². The number of carbonyl (C=O) groups excluding carboxylic acids is 4. The van der Waals surface area contributed by atoms with E-state index < -0.39 is 0 Å². The van der Waals surface area contributed by atoms with Crippen LogP contribution in [-0.4, -0.2) is 89.7 Å². The van der Waals surface area contributed by atoms with E-state index in [1.54, 1.807) is 9.58 Å². The Kier molecular flexibility index (Phi) is 15.6. The van der Waals surface area contributed by atoms with Crippen LogP contribution in [0, 0.1) is 19.3 Å². The van der Waals surface area contributed by atoms with E-state index in [1.165, 1.54) is 28.9 Å². The third kappa shape index (κ3) is 11.5. The van der Waals surface area contributed by atoms with E-state index in [0.29, 0.717) is 48.2 Å². The lowest BCUT2D eigenvalue weighted by atomic mass is 10.0. The monoisotopic (exact) mass is 820 g/mol. The zero-order chi connectivity index (χ0) is 43.6. The minimum Gasteiger partial charge on any atom is -0.491 e. The molecule has 3 aliphatic heterocycles. The van der Waals surface area contributed by atoms with Crippen LogP contribution in [-0.2, 0) is 29.6 Å². The fraction of sp³-hybridized carbons (Fsp3) is 0.479. The van der Waals surface area contributed by atoms with Crippen molar-refractivity contribution in [2.24, 2.45) is 12.5 Å². The van der Waals surface area contributed by atoms with Gasteiger partial charge in [-0.25, -0.2) is 4.79 Å². The number of urea groups is 1. The smallest absolute Gasteiger partial charge is 0.324 e. The lowest BCUT2D eigenvalue weighted by Crippen LogP contribution is -2.47. The summed E-state index contributed by atoms with van der Waals surface area (Å²) in [7, 11) is 3.71. The standard InChI is InChI=1S/C19H24N4O3.C15H19NO.C12H16N2O.C2H6/c1-4-14-5-6-17-16(10-14)19(25)23(7-8-26-17)12-18(24)20-11-15-9-13(2)22(3)21-15;1-11(2)12-4-3-5-13(8-12)16-10-15(6-7-15)9-14(16)17;1-10-5-3-6-11(9-10)14-8-4-7-13(2)12(14)15;1-2/h5-6,9-10H,4,7-8,11-12H2,1-3H3,(H,20,24);3-5,8,11H,6-7,9-10H2,1-2H3;3,5-6,9H,4,7-8H2,1-2H3;1-2H3. The number of ether oxygens (including phenoxy) is 1. The van der Waals surface area contributed by atoms with Gasteiger partial charge in [-0.3, -0.25) is 24.0 Å². The molecular formula is C48H65N7O5. The molecule has 0 atom stereocenters. The van der Waals surface area contributed by atoms with Gasteiger partial charge in [0.25, 0.3) is 5.91 Å². The minimum atomic E-state index is -0.211. The molecular weight excluding hydrogens is 755 g/mol. The summed E-state index contributed by atoms with van der Waals surface area (Å²) < 4.78 is 7.43. The van der Waals surface area contributed by atoms with Gasteiger partial charge in [-0.2, -0.15) is 5.10 Å². The van der Waals surface area contributed by atoms with E-state index in [4.69, 9.17) is 4.74 Å². The number of aromatic nitrogens is 2. The number of nitrogens with zero attached hydrogens (tertiary/aromatic N) is 6. The fourth-order valence-corrected chi connectivity index (χ4v) is 7.51. The van der Waals surface area contributed by atoms with Gasteiger partial charge in [-0.15, -0.1) is 0 Å². The van der Waals surface area contributed by atoms with Crippen molar-refractivity contribution in [3.8, 4) is 5.75 Å². The van der Waals surface area contributed by atoms with Crippen molar-refractivity contribution in [3.05, 3.63) is 106 Å². The number of hydrogen-bond acceptors (Lipinski definition) is 6. The Bertz CT molecular complexity index is 2100. The Labute approximate surface area is 356 Å². The summed E-state index contributed by atoms with van der Waals surface area (Å²) in [6.07, 6.45) is 5.11. The molecule has 1 N–H and O–H groups in total. The van der Waals surface area contributed by atoms with Crippen molar-refractivity contribution < 1.29 is 23.9 Å². The van der Waals surface area contributed by atoms with Crippen LogP contribution in [0.3, 0.4) is 0 Å². The number of rotatable bonds is 8. The lowest BCUT2D eigenvalue weighted by molar-refractivity contribution is -0.122. The van der Waals surface area contributed by atoms with Gasteiger partial charge in [0.05, 0.1) is 30.9 Å². The van der Waals surface area contributed by atoms with E-state index in [0.717, 1.165) is 67.2 Å². The van der Waals surface area contributed by atoms with Crippen LogP contribution < -0.4 is 19.9 Å². The molecule has 4 aromatic rings. The Morgan fingerprint density at radius 3 is 2.23 bits per heavy atom. The summed E-state index contributed by atoms with van der Waals surface area (Å²) in [5.41, 5.74) is 8.36. The molecule has 0 radical (unpaired) electrons. The number of benzene rings is 3.